The van der Waals surface area contributed by atoms with Crippen LogP contribution in [-0.2, 0) is 6.42 Å². The number of thiophene rings is 1. The topological polar surface area (TPSA) is 84.3 Å². The van der Waals surface area contributed by atoms with E-state index in [0.29, 0.717) is 16.8 Å². The predicted molar refractivity (Wildman–Crippen MR) is 143 cm³/mol. The third-order valence-corrected chi connectivity index (χ3v) is 6.96. The Balaban J connectivity index is 1.66. The molecule has 2 N–H and O–H groups in total. The van der Waals surface area contributed by atoms with Crippen molar-refractivity contribution in [1.29, 1.82) is 0 Å². The molecule has 176 valence electrons. The highest BCUT2D eigenvalue weighted by atomic mass is 127. The Morgan fingerprint density at radius 2 is 2.00 bits per heavy atom. The monoisotopic (exact) mass is 609 g/mol. The zero-order chi connectivity index (χ0) is 24.2. The van der Waals surface area contributed by atoms with Gasteiger partial charge >= 0.3 is 5.97 Å². The fourth-order valence-corrected chi connectivity index (χ4v) is 5.54. The molecule has 0 aliphatic heterocycles. The number of nitrogens with one attached hydrogen (secondary N) is 1. The first kappa shape index (κ1) is 24.6. The van der Waals surface area contributed by atoms with Crippen LogP contribution in [0.2, 0.25) is 0 Å². The van der Waals surface area contributed by atoms with Crippen molar-refractivity contribution in [3.8, 4) is 27.4 Å². The number of carboxylic acid groups (broad SMARTS) is 1. The van der Waals surface area contributed by atoms with E-state index in [4.69, 9.17) is 9.72 Å². The number of nitrogens with zero attached hydrogens (tertiary/aromatic N) is 2. The first-order valence-corrected chi connectivity index (χ1v) is 13.3. The number of aromatic carboxylic acids is 1. The summed E-state index contributed by atoms with van der Waals surface area (Å²) in [6.45, 7) is 4.26. The minimum absolute atomic E-state index is 0.0779. The molecule has 0 radical (unpaired) electrons. The number of hydrogen-bond donors (Lipinski definition) is 2. The van der Waals surface area contributed by atoms with Crippen LogP contribution in [0.1, 0.15) is 29.1 Å². The molecule has 6 nitrogen and oxygen atoms in total. The number of alkyl halides is 2. The van der Waals surface area contributed by atoms with Gasteiger partial charge in [-0.25, -0.2) is 14.8 Å². The summed E-state index contributed by atoms with van der Waals surface area (Å²) >= 11 is 4.55. The van der Waals surface area contributed by atoms with Gasteiger partial charge in [0, 0.05) is 49.7 Å². The van der Waals surface area contributed by atoms with E-state index in [2.05, 4.69) is 24.1 Å². The molecule has 0 aliphatic carbocycles. The molecule has 4 aromatic rings. The lowest BCUT2D eigenvalue weighted by Crippen LogP contribution is -2.05. The minimum Gasteiger partial charge on any atom is -0.478 e. The third kappa shape index (κ3) is 5.91. The number of carbonyl (C=O) groups is 1. The SMILES string of the molecule is CC(C)Cc1sc(Nc2ncc(-c3cccs3)cc2C(=O)O)nc1-c1ccc(OC(F)I)cc1. The number of thiazole rings is 1. The van der Waals surface area contributed by atoms with Crippen molar-refractivity contribution in [2.45, 2.75) is 24.6 Å². The maximum absolute atomic E-state index is 13.1. The van der Waals surface area contributed by atoms with Gasteiger partial charge in [-0.2, -0.15) is 4.39 Å². The number of carboxylic acids is 1. The highest BCUT2D eigenvalue weighted by Gasteiger charge is 2.19. The Hall–Kier alpha value is -2.57. The van der Waals surface area contributed by atoms with E-state index in [-0.39, 0.29) is 11.4 Å². The van der Waals surface area contributed by atoms with Gasteiger partial charge in [-0.15, -0.1) is 22.7 Å². The van der Waals surface area contributed by atoms with Gasteiger partial charge in [-0.3, -0.25) is 0 Å². The first-order chi connectivity index (χ1) is 16.3. The molecule has 10 heteroatoms. The van der Waals surface area contributed by atoms with Crippen LogP contribution in [0.4, 0.5) is 15.3 Å². The summed E-state index contributed by atoms with van der Waals surface area (Å²) in [6, 6.07) is 12.6. The van der Waals surface area contributed by atoms with Crippen molar-refractivity contribution in [2.24, 2.45) is 5.92 Å². The summed E-state index contributed by atoms with van der Waals surface area (Å²) in [5.74, 6) is 0.0121. The highest BCUT2D eigenvalue weighted by Crippen LogP contribution is 2.36. The molecule has 0 saturated heterocycles. The van der Waals surface area contributed by atoms with Crippen LogP contribution in [0.25, 0.3) is 21.7 Å². The second-order valence-electron chi connectivity index (χ2n) is 7.82. The van der Waals surface area contributed by atoms with Gasteiger partial charge < -0.3 is 15.2 Å². The molecule has 0 fully saturated rings. The van der Waals surface area contributed by atoms with Crippen molar-refractivity contribution in [3.05, 3.63) is 64.5 Å². The minimum atomic E-state index is -1.42. The molecule has 0 saturated carbocycles. The smallest absolute Gasteiger partial charge is 0.339 e. The van der Waals surface area contributed by atoms with Crippen molar-refractivity contribution in [1.82, 2.24) is 9.97 Å². The Morgan fingerprint density at radius 1 is 1.24 bits per heavy atom. The maximum Gasteiger partial charge on any atom is 0.339 e. The lowest BCUT2D eigenvalue weighted by atomic mass is 10.0. The van der Waals surface area contributed by atoms with Gasteiger partial charge in [0.25, 0.3) is 4.36 Å². The molecule has 0 amide bonds. The van der Waals surface area contributed by atoms with Crippen molar-refractivity contribution in [3.63, 3.8) is 0 Å². The number of ether oxygens (including phenoxy) is 1. The lowest BCUT2D eigenvalue weighted by molar-refractivity contribution is 0.0697. The fourth-order valence-electron chi connectivity index (χ4n) is 3.34. The van der Waals surface area contributed by atoms with Crippen molar-refractivity contribution in [2.75, 3.05) is 5.32 Å². The summed E-state index contributed by atoms with van der Waals surface area (Å²) < 4.78 is 16.8. The molecule has 34 heavy (non-hydrogen) atoms. The molecule has 1 unspecified atom stereocenters. The molecule has 4 rings (SSSR count). The quantitative estimate of drug-likeness (QED) is 0.150. The zero-order valence-electron chi connectivity index (χ0n) is 18.3. The zero-order valence-corrected chi connectivity index (χ0v) is 22.1. The normalized spacial score (nSPS) is 12.0. The van der Waals surface area contributed by atoms with E-state index >= 15 is 0 Å². The van der Waals surface area contributed by atoms with Crippen molar-refractivity contribution < 1.29 is 19.0 Å². The van der Waals surface area contributed by atoms with E-state index in [1.807, 2.05) is 29.6 Å². The molecule has 0 aliphatic rings. The Bertz CT molecular complexity index is 1280. The lowest BCUT2D eigenvalue weighted by Gasteiger charge is -2.08. The highest BCUT2D eigenvalue weighted by molar-refractivity contribution is 14.1. The second-order valence-corrected chi connectivity index (χ2v) is 10.8. The number of rotatable bonds is 9. The summed E-state index contributed by atoms with van der Waals surface area (Å²) in [6.07, 6.45) is 2.47. The van der Waals surface area contributed by atoms with E-state index in [1.54, 1.807) is 47.0 Å². The van der Waals surface area contributed by atoms with Crippen LogP contribution in [0.15, 0.2) is 54.0 Å². The molecule has 3 heterocycles. The van der Waals surface area contributed by atoms with Crippen LogP contribution in [0, 0.1) is 5.92 Å². The molecular formula is C24H21FIN3O3S2. The summed E-state index contributed by atoms with van der Waals surface area (Å²) in [7, 11) is 0. The molecule has 3 aromatic heterocycles. The number of anilines is 2. The molecule has 0 bridgehead atoms. The predicted octanol–water partition coefficient (Wildman–Crippen LogP) is 7.64. The number of aromatic nitrogens is 2. The standard InChI is InChI=1S/C24H21FIN3O3S2/c1-13(2)10-19-20(14-5-7-16(8-6-14)32-23(25)26)28-24(34-19)29-21-17(22(30)31)11-15(12-27-21)18-4-3-9-33-18/h3-9,11-13,23H,10H2,1-2H3,(H,30,31)(H,27,28,29). The van der Waals surface area contributed by atoms with E-state index in [1.165, 1.54) is 22.7 Å². The van der Waals surface area contributed by atoms with Crippen LogP contribution >= 0.6 is 45.3 Å². The summed E-state index contributed by atoms with van der Waals surface area (Å²) in [5.41, 5.74) is 2.50. The van der Waals surface area contributed by atoms with Crippen LogP contribution < -0.4 is 10.1 Å². The van der Waals surface area contributed by atoms with Gasteiger partial charge in [-0.05, 0) is 54.1 Å². The molecular weight excluding hydrogens is 588 g/mol. The Kier molecular flexibility index (Phi) is 7.79. The fraction of sp³-hybridized carbons (Fsp3) is 0.208. The van der Waals surface area contributed by atoms with Gasteiger partial charge in [0.1, 0.15) is 17.1 Å². The van der Waals surface area contributed by atoms with Crippen LogP contribution in [-0.4, -0.2) is 25.4 Å². The van der Waals surface area contributed by atoms with Gasteiger partial charge in [-0.1, -0.05) is 19.9 Å². The Labute approximate surface area is 218 Å². The number of benzene rings is 1. The van der Waals surface area contributed by atoms with Gasteiger partial charge in [0.15, 0.2) is 5.13 Å². The second kappa shape index (κ2) is 10.8. The van der Waals surface area contributed by atoms with Crippen LogP contribution in [0.5, 0.6) is 5.75 Å². The average Bonchev–Trinajstić information content (AvgIpc) is 3.44. The first-order valence-electron chi connectivity index (χ1n) is 10.4. The van der Waals surface area contributed by atoms with Crippen molar-refractivity contribution >= 4 is 62.2 Å². The third-order valence-electron chi connectivity index (χ3n) is 4.79. The van der Waals surface area contributed by atoms with Gasteiger partial charge in [0.05, 0.1) is 5.69 Å². The van der Waals surface area contributed by atoms with E-state index in [9.17, 15) is 14.3 Å². The largest absolute Gasteiger partial charge is 0.478 e. The number of halogens is 2. The van der Waals surface area contributed by atoms with Crippen LogP contribution in [0.3, 0.4) is 0 Å². The number of hydrogen-bond acceptors (Lipinski definition) is 7. The molecule has 0 spiro atoms. The summed E-state index contributed by atoms with van der Waals surface area (Å²) in [5, 5.41) is 15.4. The van der Waals surface area contributed by atoms with E-state index in [0.717, 1.165) is 33.0 Å². The number of pyridine rings is 1. The van der Waals surface area contributed by atoms with Gasteiger partial charge in [0.2, 0.25) is 0 Å². The van der Waals surface area contributed by atoms with E-state index < -0.39 is 10.3 Å². The molecule has 1 atom stereocenters. The maximum atomic E-state index is 13.1. The summed E-state index contributed by atoms with van der Waals surface area (Å²) in [4.78, 5) is 23.1. The Morgan fingerprint density at radius 3 is 2.62 bits per heavy atom. The average molecular weight is 609 g/mol. The molecule has 1 aromatic carbocycles.